The second-order valence-corrected chi connectivity index (χ2v) is 10.2. The molecule has 5 nitrogen and oxygen atoms in total. The minimum atomic E-state index is -1.01. The third-order valence-electron chi connectivity index (χ3n) is 6.66. The maximum Gasteiger partial charge on any atom is 0.419 e. The fourth-order valence-electron chi connectivity index (χ4n) is 5.21. The molecular weight excluding hydrogens is 448 g/mol. The summed E-state index contributed by atoms with van der Waals surface area (Å²) in [5, 5.41) is 0.843. The lowest BCUT2D eigenvalue weighted by molar-refractivity contribution is -0.121. The van der Waals surface area contributed by atoms with Gasteiger partial charge in [-0.25, -0.2) is 4.79 Å². The Morgan fingerprint density at radius 2 is 1.61 bits per heavy atom. The minimum Gasteiger partial charge on any atom is -0.443 e. The molecule has 0 saturated carbocycles. The van der Waals surface area contributed by atoms with Crippen LogP contribution in [0.3, 0.4) is 0 Å². The van der Waals surface area contributed by atoms with Crippen LogP contribution in [0, 0.1) is 0 Å². The molecule has 0 bridgehead atoms. The molecule has 2 heterocycles. The fraction of sp³-hybridized carbons (Fsp3) is 0.226. The molecule has 4 aromatic rings. The van der Waals surface area contributed by atoms with Gasteiger partial charge in [0, 0.05) is 17.3 Å². The van der Waals surface area contributed by atoms with E-state index in [1.54, 1.807) is 12.3 Å². The van der Waals surface area contributed by atoms with E-state index in [1.165, 1.54) is 4.57 Å². The van der Waals surface area contributed by atoms with Gasteiger partial charge in [0.15, 0.2) is 0 Å². The van der Waals surface area contributed by atoms with E-state index in [2.05, 4.69) is 6.58 Å². The number of rotatable bonds is 5. The second kappa shape index (κ2) is 8.83. The molecule has 0 radical (unpaired) electrons. The first-order valence-electron chi connectivity index (χ1n) is 12.2. The molecule has 1 amide bonds. The lowest BCUT2D eigenvalue weighted by Gasteiger charge is -2.28. The van der Waals surface area contributed by atoms with Crippen LogP contribution in [-0.2, 0) is 21.5 Å². The molecule has 0 N–H and O–H groups in total. The molecule has 5 heteroatoms. The van der Waals surface area contributed by atoms with Gasteiger partial charge < -0.3 is 9.64 Å². The molecule has 0 unspecified atom stereocenters. The maximum absolute atomic E-state index is 14.5. The van der Waals surface area contributed by atoms with E-state index in [4.69, 9.17) is 4.74 Å². The molecule has 0 spiro atoms. The van der Waals surface area contributed by atoms with E-state index < -0.39 is 17.1 Å². The lowest BCUT2D eigenvalue weighted by Crippen LogP contribution is -2.40. The molecule has 1 aliphatic heterocycles. The van der Waals surface area contributed by atoms with Crippen molar-refractivity contribution < 1.29 is 14.3 Å². The number of nitrogens with zero attached hydrogens (tertiary/aromatic N) is 2. The van der Waals surface area contributed by atoms with E-state index in [1.807, 2.05) is 105 Å². The van der Waals surface area contributed by atoms with Crippen molar-refractivity contribution in [2.24, 2.45) is 0 Å². The van der Waals surface area contributed by atoms with Crippen molar-refractivity contribution in [3.05, 3.63) is 114 Å². The molecule has 0 fully saturated rings. The Hall–Kier alpha value is -4.12. The number of para-hydroxylation sites is 2. The van der Waals surface area contributed by atoms with Crippen molar-refractivity contribution in [3.8, 4) is 0 Å². The van der Waals surface area contributed by atoms with Crippen LogP contribution >= 0.6 is 0 Å². The zero-order chi connectivity index (χ0) is 25.5. The highest BCUT2D eigenvalue weighted by Crippen LogP contribution is 2.51. The highest BCUT2D eigenvalue weighted by Gasteiger charge is 2.52. The summed E-state index contributed by atoms with van der Waals surface area (Å²) >= 11 is 0. The molecule has 1 atom stereocenters. The predicted molar refractivity (Wildman–Crippen MR) is 143 cm³/mol. The number of allylic oxidation sites excluding steroid dienone is 1. The first kappa shape index (κ1) is 23.6. The van der Waals surface area contributed by atoms with Gasteiger partial charge in [0.25, 0.3) is 0 Å². The number of hydrogen-bond acceptors (Lipinski definition) is 3. The third-order valence-corrected chi connectivity index (χ3v) is 6.66. The number of fused-ring (bicyclic) bond motifs is 2. The van der Waals surface area contributed by atoms with Crippen molar-refractivity contribution in [3.63, 3.8) is 0 Å². The number of carbonyl (C=O) groups excluding carboxylic acids is 2. The van der Waals surface area contributed by atoms with Gasteiger partial charge >= 0.3 is 6.09 Å². The zero-order valence-electron chi connectivity index (χ0n) is 20.9. The van der Waals surface area contributed by atoms with Gasteiger partial charge in [-0.2, -0.15) is 0 Å². The van der Waals surface area contributed by atoms with Gasteiger partial charge in [0.05, 0.1) is 12.1 Å². The Morgan fingerprint density at radius 3 is 2.33 bits per heavy atom. The van der Waals surface area contributed by atoms with E-state index in [0.717, 1.165) is 27.8 Å². The van der Waals surface area contributed by atoms with E-state index in [-0.39, 0.29) is 5.91 Å². The predicted octanol–water partition coefficient (Wildman–Crippen LogP) is 6.83. The van der Waals surface area contributed by atoms with Crippen LogP contribution < -0.4 is 4.90 Å². The summed E-state index contributed by atoms with van der Waals surface area (Å²) in [6.45, 7) is 10.00. The number of aromatic nitrogens is 1. The normalized spacial score (nSPS) is 17.3. The van der Waals surface area contributed by atoms with Crippen LogP contribution in [-0.4, -0.2) is 22.2 Å². The smallest absolute Gasteiger partial charge is 0.419 e. The summed E-state index contributed by atoms with van der Waals surface area (Å²) in [6.07, 6.45) is 3.50. The van der Waals surface area contributed by atoms with Crippen molar-refractivity contribution in [1.29, 1.82) is 0 Å². The molecule has 36 heavy (non-hydrogen) atoms. The molecule has 0 saturated heterocycles. The number of amides is 1. The van der Waals surface area contributed by atoms with Crippen LogP contribution in [0.1, 0.15) is 43.9 Å². The Balaban J connectivity index is 1.73. The average Bonchev–Trinajstić information content (AvgIpc) is 3.35. The second-order valence-electron chi connectivity index (χ2n) is 10.2. The monoisotopic (exact) mass is 478 g/mol. The topological polar surface area (TPSA) is 51.5 Å². The highest BCUT2D eigenvalue weighted by atomic mass is 16.6. The quantitative estimate of drug-likeness (QED) is 0.295. The SMILES string of the molecule is C=CC[C@@]1(c2cn(C(=O)OC(C)(C)C)c3ccccc23)C(=O)N(Cc2ccccc2)c2ccccc21. The van der Waals surface area contributed by atoms with Crippen LogP contribution in [0.2, 0.25) is 0 Å². The Kier molecular flexibility index (Phi) is 5.79. The Labute approximate surface area is 211 Å². The molecular formula is C31H30N2O3. The lowest BCUT2D eigenvalue weighted by atomic mass is 9.72. The summed E-state index contributed by atoms with van der Waals surface area (Å²) in [5.74, 6) is -0.0282. The third kappa shape index (κ3) is 3.81. The number of ether oxygens (including phenoxy) is 1. The summed E-state index contributed by atoms with van der Waals surface area (Å²) in [5.41, 5.74) is 2.66. The van der Waals surface area contributed by atoms with Crippen LogP contribution in [0.25, 0.3) is 10.9 Å². The number of anilines is 1. The van der Waals surface area contributed by atoms with E-state index >= 15 is 0 Å². The molecule has 5 rings (SSSR count). The van der Waals surface area contributed by atoms with Crippen LogP contribution in [0.4, 0.5) is 10.5 Å². The molecule has 3 aromatic carbocycles. The van der Waals surface area contributed by atoms with Crippen molar-refractivity contribution in [2.75, 3.05) is 4.90 Å². The molecule has 182 valence electrons. The van der Waals surface area contributed by atoms with Gasteiger partial charge in [-0.1, -0.05) is 72.8 Å². The highest BCUT2D eigenvalue weighted by molar-refractivity contribution is 6.13. The molecule has 0 aliphatic carbocycles. The first-order valence-corrected chi connectivity index (χ1v) is 12.2. The van der Waals surface area contributed by atoms with Crippen molar-refractivity contribution in [1.82, 2.24) is 4.57 Å². The zero-order valence-corrected chi connectivity index (χ0v) is 20.9. The van der Waals surface area contributed by atoms with Gasteiger partial charge in [0.1, 0.15) is 11.0 Å². The summed E-state index contributed by atoms with van der Waals surface area (Å²) < 4.78 is 7.23. The van der Waals surface area contributed by atoms with Gasteiger partial charge in [0.2, 0.25) is 5.91 Å². The minimum absolute atomic E-state index is 0.0282. The molecule has 1 aliphatic rings. The van der Waals surface area contributed by atoms with Gasteiger partial charge in [-0.3, -0.25) is 9.36 Å². The van der Waals surface area contributed by atoms with E-state index in [0.29, 0.717) is 18.5 Å². The van der Waals surface area contributed by atoms with Crippen molar-refractivity contribution >= 4 is 28.6 Å². The fourth-order valence-corrected chi connectivity index (χ4v) is 5.21. The summed E-state index contributed by atoms with van der Waals surface area (Å²) in [6, 6.07) is 25.6. The Morgan fingerprint density at radius 1 is 0.944 bits per heavy atom. The van der Waals surface area contributed by atoms with Crippen LogP contribution in [0.5, 0.6) is 0 Å². The number of carbonyl (C=O) groups is 2. The number of benzene rings is 3. The molecule has 1 aromatic heterocycles. The first-order chi connectivity index (χ1) is 17.3. The van der Waals surface area contributed by atoms with Gasteiger partial charge in [-0.15, -0.1) is 6.58 Å². The summed E-state index contributed by atoms with van der Waals surface area (Å²) in [4.78, 5) is 29.6. The summed E-state index contributed by atoms with van der Waals surface area (Å²) in [7, 11) is 0. The number of hydrogen-bond donors (Lipinski definition) is 0. The van der Waals surface area contributed by atoms with Crippen LogP contribution in [0.15, 0.2) is 97.7 Å². The maximum atomic E-state index is 14.5. The van der Waals surface area contributed by atoms with Crippen molar-refractivity contribution in [2.45, 2.75) is 44.8 Å². The standard InChI is InChI=1S/C31H30N2O3/c1-5-19-31(25-21-33(29(35)36-30(2,3)4)26-17-11-9-15-23(25)26)24-16-10-12-18-27(24)32(28(31)34)20-22-13-7-6-8-14-22/h5-18,21H,1,19-20H2,2-4H3/t31-/m1/s1. The largest absolute Gasteiger partial charge is 0.443 e. The Bertz CT molecular complexity index is 1460. The average molecular weight is 479 g/mol. The van der Waals surface area contributed by atoms with E-state index in [9.17, 15) is 9.59 Å². The van der Waals surface area contributed by atoms with Gasteiger partial charge in [-0.05, 0) is 56.0 Å².